The van der Waals surface area contributed by atoms with E-state index in [9.17, 15) is 9.59 Å². The van der Waals surface area contributed by atoms with Gasteiger partial charge in [0.05, 0.1) is 10.6 Å². The Balaban J connectivity index is 2.02. The van der Waals surface area contributed by atoms with Crippen molar-refractivity contribution in [1.29, 1.82) is 0 Å². The molecule has 0 saturated carbocycles. The van der Waals surface area contributed by atoms with Crippen molar-refractivity contribution in [2.24, 2.45) is 5.92 Å². The molecule has 1 amide bonds. The molecular weight excluding hydrogens is 278 g/mol. The lowest BCUT2D eigenvalue weighted by Crippen LogP contribution is -2.39. The van der Waals surface area contributed by atoms with Crippen molar-refractivity contribution in [3.63, 3.8) is 0 Å². The van der Waals surface area contributed by atoms with Gasteiger partial charge in [-0.15, -0.1) is 0 Å². The third kappa shape index (κ3) is 3.31. The molecule has 5 heteroatoms. The number of amides is 1. The third-order valence-electron chi connectivity index (χ3n) is 3.79. The minimum absolute atomic E-state index is 0.0625. The first-order valence-electron chi connectivity index (χ1n) is 6.75. The SMILES string of the molecule is Cc1cccc(C(=O)N2CCC(CC(=O)O)CC2)c1Cl. The maximum Gasteiger partial charge on any atom is 0.303 e. The van der Waals surface area contributed by atoms with E-state index in [2.05, 4.69) is 0 Å². The summed E-state index contributed by atoms with van der Waals surface area (Å²) >= 11 is 6.18. The Hall–Kier alpha value is -1.55. The van der Waals surface area contributed by atoms with Gasteiger partial charge in [-0.2, -0.15) is 0 Å². The zero-order chi connectivity index (χ0) is 14.7. The van der Waals surface area contributed by atoms with Crippen LogP contribution < -0.4 is 0 Å². The number of piperidine rings is 1. The van der Waals surface area contributed by atoms with Crippen LogP contribution in [-0.2, 0) is 4.79 Å². The fourth-order valence-corrected chi connectivity index (χ4v) is 2.78. The summed E-state index contributed by atoms with van der Waals surface area (Å²) in [5, 5.41) is 9.29. The third-order valence-corrected chi connectivity index (χ3v) is 4.29. The van der Waals surface area contributed by atoms with Crippen LogP contribution in [0.5, 0.6) is 0 Å². The van der Waals surface area contributed by atoms with E-state index in [1.54, 1.807) is 11.0 Å². The molecule has 0 aliphatic carbocycles. The largest absolute Gasteiger partial charge is 0.481 e. The number of nitrogens with zero attached hydrogens (tertiary/aromatic N) is 1. The summed E-state index contributed by atoms with van der Waals surface area (Å²) in [7, 11) is 0. The number of hydrogen-bond donors (Lipinski definition) is 1. The van der Waals surface area contributed by atoms with Crippen LogP contribution in [0.2, 0.25) is 5.02 Å². The standard InChI is InChI=1S/C15H18ClNO3/c1-10-3-2-4-12(14(10)16)15(20)17-7-5-11(6-8-17)9-13(18)19/h2-4,11H,5-9H2,1H3,(H,18,19). The minimum atomic E-state index is -0.767. The number of carboxylic acid groups (broad SMARTS) is 1. The lowest BCUT2D eigenvalue weighted by Gasteiger charge is -2.31. The summed E-state index contributed by atoms with van der Waals surface area (Å²) < 4.78 is 0. The molecule has 1 aromatic rings. The second-order valence-electron chi connectivity index (χ2n) is 5.27. The second-order valence-corrected chi connectivity index (χ2v) is 5.65. The Morgan fingerprint density at radius 3 is 2.60 bits per heavy atom. The highest BCUT2D eigenvalue weighted by Crippen LogP contribution is 2.25. The summed E-state index contributed by atoms with van der Waals surface area (Å²) in [6, 6.07) is 5.44. The zero-order valence-electron chi connectivity index (χ0n) is 11.4. The predicted molar refractivity (Wildman–Crippen MR) is 77.1 cm³/mol. The number of rotatable bonds is 3. The van der Waals surface area contributed by atoms with E-state index in [0.29, 0.717) is 23.7 Å². The maximum absolute atomic E-state index is 12.4. The number of carbonyl (C=O) groups is 2. The van der Waals surface area contributed by atoms with Crippen molar-refractivity contribution in [2.45, 2.75) is 26.2 Å². The summed E-state index contributed by atoms with van der Waals surface area (Å²) in [6.45, 7) is 3.07. The van der Waals surface area contributed by atoms with Crippen molar-refractivity contribution < 1.29 is 14.7 Å². The molecule has 1 fully saturated rings. The molecule has 4 nitrogen and oxygen atoms in total. The molecule has 0 spiro atoms. The highest BCUT2D eigenvalue weighted by molar-refractivity contribution is 6.34. The van der Waals surface area contributed by atoms with Crippen LogP contribution in [0.3, 0.4) is 0 Å². The Labute approximate surface area is 123 Å². The monoisotopic (exact) mass is 295 g/mol. The molecule has 1 heterocycles. The van der Waals surface area contributed by atoms with Crippen LogP contribution in [0.4, 0.5) is 0 Å². The van der Waals surface area contributed by atoms with Crippen LogP contribution in [0.15, 0.2) is 18.2 Å². The Morgan fingerprint density at radius 2 is 2.00 bits per heavy atom. The van der Waals surface area contributed by atoms with Gasteiger partial charge in [0.1, 0.15) is 0 Å². The number of benzene rings is 1. The van der Waals surface area contributed by atoms with Crippen molar-refractivity contribution in [2.75, 3.05) is 13.1 Å². The van der Waals surface area contributed by atoms with E-state index in [1.165, 1.54) is 0 Å². The van der Waals surface area contributed by atoms with Crippen LogP contribution in [-0.4, -0.2) is 35.0 Å². The fraction of sp³-hybridized carbons (Fsp3) is 0.467. The second kappa shape index (κ2) is 6.27. The molecular formula is C15H18ClNO3. The smallest absolute Gasteiger partial charge is 0.303 e. The Morgan fingerprint density at radius 1 is 1.35 bits per heavy atom. The van der Waals surface area contributed by atoms with Gasteiger partial charge in [-0.05, 0) is 37.3 Å². The number of halogens is 1. The van der Waals surface area contributed by atoms with Crippen LogP contribution >= 0.6 is 11.6 Å². The van der Waals surface area contributed by atoms with Crippen molar-refractivity contribution in [3.05, 3.63) is 34.3 Å². The first kappa shape index (κ1) is 14.9. The molecule has 2 rings (SSSR count). The highest BCUT2D eigenvalue weighted by Gasteiger charge is 2.26. The number of carboxylic acids is 1. The van der Waals surface area contributed by atoms with Crippen molar-refractivity contribution in [1.82, 2.24) is 4.90 Å². The average molecular weight is 296 g/mol. The topological polar surface area (TPSA) is 57.6 Å². The first-order valence-corrected chi connectivity index (χ1v) is 7.13. The lowest BCUT2D eigenvalue weighted by molar-refractivity contribution is -0.138. The molecule has 0 bridgehead atoms. The van der Waals surface area contributed by atoms with E-state index in [4.69, 9.17) is 16.7 Å². The van der Waals surface area contributed by atoms with E-state index in [-0.39, 0.29) is 18.2 Å². The first-order chi connectivity index (χ1) is 9.49. The highest BCUT2D eigenvalue weighted by atomic mass is 35.5. The number of hydrogen-bond acceptors (Lipinski definition) is 2. The zero-order valence-corrected chi connectivity index (χ0v) is 12.2. The number of likely N-dealkylation sites (tertiary alicyclic amines) is 1. The van der Waals surface area contributed by atoms with E-state index >= 15 is 0 Å². The van der Waals surface area contributed by atoms with Crippen LogP contribution in [0.1, 0.15) is 35.2 Å². The normalized spacial score (nSPS) is 16.2. The molecule has 1 aliphatic heterocycles. The van der Waals surface area contributed by atoms with Gasteiger partial charge in [-0.3, -0.25) is 9.59 Å². The number of aryl methyl sites for hydroxylation is 1. The number of aliphatic carboxylic acids is 1. The summed E-state index contributed by atoms with van der Waals surface area (Å²) in [5.41, 5.74) is 1.42. The van der Waals surface area contributed by atoms with Gasteiger partial charge in [0, 0.05) is 19.5 Å². The van der Waals surface area contributed by atoms with Crippen LogP contribution in [0, 0.1) is 12.8 Å². The molecule has 0 unspecified atom stereocenters. The maximum atomic E-state index is 12.4. The van der Waals surface area contributed by atoms with Gasteiger partial charge in [0.2, 0.25) is 0 Å². The molecule has 108 valence electrons. The van der Waals surface area contributed by atoms with Gasteiger partial charge in [0.25, 0.3) is 5.91 Å². The lowest BCUT2D eigenvalue weighted by atomic mass is 9.93. The van der Waals surface area contributed by atoms with Crippen molar-refractivity contribution >= 4 is 23.5 Å². The molecule has 0 atom stereocenters. The van der Waals surface area contributed by atoms with Gasteiger partial charge >= 0.3 is 5.97 Å². The Kier molecular flexibility index (Phi) is 4.65. The summed E-state index contributed by atoms with van der Waals surface area (Å²) in [4.78, 5) is 24.9. The Bertz CT molecular complexity index is 522. The summed E-state index contributed by atoms with van der Waals surface area (Å²) in [6.07, 6.45) is 1.66. The minimum Gasteiger partial charge on any atom is -0.481 e. The average Bonchev–Trinajstić information content (AvgIpc) is 2.41. The number of carbonyl (C=O) groups excluding carboxylic acids is 1. The molecule has 1 saturated heterocycles. The van der Waals surface area contributed by atoms with Crippen LogP contribution in [0.25, 0.3) is 0 Å². The summed E-state index contributed by atoms with van der Waals surface area (Å²) in [5.74, 6) is -0.659. The van der Waals surface area contributed by atoms with Gasteiger partial charge in [0.15, 0.2) is 0 Å². The molecule has 20 heavy (non-hydrogen) atoms. The van der Waals surface area contributed by atoms with Gasteiger partial charge in [-0.1, -0.05) is 23.7 Å². The van der Waals surface area contributed by atoms with E-state index < -0.39 is 5.97 Å². The van der Waals surface area contributed by atoms with Gasteiger partial charge in [-0.25, -0.2) is 0 Å². The fourth-order valence-electron chi connectivity index (χ4n) is 2.57. The molecule has 0 aromatic heterocycles. The van der Waals surface area contributed by atoms with E-state index in [0.717, 1.165) is 18.4 Å². The predicted octanol–water partition coefficient (Wildman–Crippen LogP) is 2.98. The molecule has 0 radical (unpaired) electrons. The molecule has 1 N–H and O–H groups in total. The van der Waals surface area contributed by atoms with E-state index in [1.807, 2.05) is 19.1 Å². The molecule has 1 aliphatic rings. The molecule has 1 aromatic carbocycles. The van der Waals surface area contributed by atoms with Crippen molar-refractivity contribution in [3.8, 4) is 0 Å². The van der Waals surface area contributed by atoms with Gasteiger partial charge < -0.3 is 10.0 Å². The quantitative estimate of drug-likeness (QED) is 0.932.